The van der Waals surface area contributed by atoms with Crippen LogP contribution in [0.25, 0.3) is 0 Å². The second kappa shape index (κ2) is 12.9. The van der Waals surface area contributed by atoms with Crippen molar-refractivity contribution in [3.8, 4) is 0 Å². The van der Waals surface area contributed by atoms with Crippen molar-refractivity contribution >= 4 is 23.0 Å². The molecule has 0 aliphatic carbocycles. The number of rotatable bonds is 10. The summed E-state index contributed by atoms with van der Waals surface area (Å²) in [6, 6.07) is 17.0. The van der Waals surface area contributed by atoms with Gasteiger partial charge in [0.1, 0.15) is 11.7 Å². The maximum atomic E-state index is 6.15. The average Bonchev–Trinajstić information content (AvgIpc) is 3.11. The van der Waals surface area contributed by atoms with Crippen LogP contribution in [0, 0.1) is 0 Å². The van der Waals surface area contributed by atoms with Gasteiger partial charge >= 0.3 is 0 Å². The van der Waals surface area contributed by atoms with Gasteiger partial charge in [0.2, 0.25) is 0 Å². The number of amidine groups is 2. The molecule has 0 radical (unpaired) electrons. The zero-order chi connectivity index (χ0) is 23.5. The Bertz CT molecular complexity index is 826. The molecule has 3 rings (SSSR count). The van der Waals surface area contributed by atoms with E-state index in [2.05, 4.69) is 82.2 Å². The van der Waals surface area contributed by atoms with Gasteiger partial charge < -0.3 is 21.3 Å². The fraction of sp³-hybridized carbons (Fsp3) is 0.481. The lowest BCUT2D eigenvalue weighted by molar-refractivity contribution is 0.805. The molecule has 0 atom stereocenters. The smallest absolute Gasteiger partial charge is 0.125 e. The summed E-state index contributed by atoms with van der Waals surface area (Å²) < 4.78 is 0. The summed E-state index contributed by atoms with van der Waals surface area (Å²) in [7, 11) is 0. The Morgan fingerprint density at radius 3 is 1.42 bits per heavy atom. The first-order valence-electron chi connectivity index (χ1n) is 12.4. The highest BCUT2D eigenvalue weighted by atomic mass is 15.2. The highest BCUT2D eigenvalue weighted by molar-refractivity contribution is 5.98. The number of nitrogens with zero attached hydrogens (tertiary/aromatic N) is 4. The Balaban J connectivity index is 1.58. The van der Waals surface area contributed by atoms with Crippen LogP contribution in [-0.2, 0) is 0 Å². The number of nitrogens with two attached hydrogens (primary N) is 2. The number of hydrogen-bond donors (Lipinski definition) is 2. The van der Waals surface area contributed by atoms with Crippen LogP contribution in [0.15, 0.2) is 58.5 Å². The molecule has 6 nitrogen and oxygen atoms in total. The minimum atomic E-state index is 0.636. The molecule has 1 heterocycles. The Labute approximate surface area is 199 Å². The summed E-state index contributed by atoms with van der Waals surface area (Å²) in [5.41, 5.74) is 16.8. The van der Waals surface area contributed by atoms with E-state index in [-0.39, 0.29) is 0 Å². The molecule has 2 aromatic rings. The van der Waals surface area contributed by atoms with E-state index in [4.69, 9.17) is 11.5 Å². The van der Waals surface area contributed by atoms with Gasteiger partial charge in [-0.15, -0.1) is 0 Å². The molecular formula is C27H40N6. The van der Waals surface area contributed by atoms with Crippen molar-refractivity contribution in [3.63, 3.8) is 0 Å². The van der Waals surface area contributed by atoms with Crippen LogP contribution in [0.3, 0.4) is 0 Å². The molecule has 0 unspecified atom stereocenters. The van der Waals surface area contributed by atoms with Crippen LogP contribution in [0.2, 0.25) is 0 Å². The molecule has 0 aromatic heterocycles. The second-order valence-corrected chi connectivity index (χ2v) is 8.66. The fourth-order valence-electron chi connectivity index (χ4n) is 4.02. The van der Waals surface area contributed by atoms with E-state index in [9.17, 15) is 0 Å². The number of hydrogen-bond acceptors (Lipinski definition) is 4. The molecule has 178 valence electrons. The molecule has 1 saturated heterocycles. The summed E-state index contributed by atoms with van der Waals surface area (Å²) in [5.74, 6) is 1.27. The molecule has 33 heavy (non-hydrogen) atoms. The molecule has 0 bridgehead atoms. The molecule has 4 N–H and O–H groups in total. The van der Waals surface area contributed by atoms with Gasteiger partial charge in [0.05, 0.1) is 0 Å². The van der Waals surface area contributed by atoms with Crippen molar-refractivity contribution in [2.45, 2.75) is 46.0 Å². The fourth-order valence-corrected chi connectivity index (χ4v) is 4.02. The predicted molar refractivity (Wildman–Crippen MR) is 143 cm³/mol. The number of aliphatic imine (C=N–C) groups is 2. The third-order valence-electron chi connectivity index (χ3n) is 6.14. The van der Waals surface area contributed by atoms with E-state index in [1.807, 2.05) is 0 Å². The van der Waals surface area contributed by atoms with Gasteiger partial charge in [0, 0.05) is 61.8 Å². The maximum absolute atomic E-state index is 6.15. The summed E-state index contributed by atoms with van der Waals surface area (Å²) >= 11 is 0. The van der Waals surface area contributed by atoms with Crippen LogP contribution < -0.4 is 21.3 Å². The van der Waals surface area contributed by atoms with Gasteiger partial charge in [-0.05, 0) is 67.8 Å². The van der Waals surface area contributed by atoms with Crippen LogP contribution >= 0.6 is 0 Å². The number of benzene rings is 2. The number of unbranched alkanes of at least 4 members (excludes halogenated alkanes) is 2. The van der Waals surface area contributed by atoms with E-state index in [0.717, 1.165) is 82.5 Å². The molecule has 1 fully saturated rings. The van der Waals surface area contributed by atoms with Crippen molar-refractivity contribution in [2.75, 3.05) is 49.1 Å². The average molecular weight is 449 g/mol. The lowest BCUT2D eigenvalue weighted by Gasteiger charge is -2.25. The van der Waals surface area contributed by atoms with Gasteiger partial charge in [-0.2, -0.15) is 0 Å². The maximum Gasteiger partial charge on any atom is 0.125 e. The largest absolute Gasteiger partial charge is 0.384 e. The van der Waals surface area contributed by atoms with E-state index in [1.165, 1.54) is 11.4 Å². The van der Waals surface area contributed by atoms with Crippen LogP contribution in [0.4, 0.5) is 11.4 Å². The zero-order valence-corrected chi connectivity index (χ0v) is 20.3. The normalized spacial score (nSPS) is 15.6. The second-order valence-electron chi connectivity index (χ2n) is 8.66. The Morgan fingerprint density at radius 2 is 1.06 bits per heavy atom. The minimum Gasteiger partial charge on any atom is -0.384 e. The van der Waals surface area contributed by atoms with E-state index in [1.54, 1.807) is 0 Å². The third-order valence-corrected chi connectivity index (χ3v) is 6.14. The zero-order valence-electron chi connectivity index (χ0n) is 20.3. The first-order chi connectivity index (χ1) is 16.1. The minimum absolute atomic E-state index is 0.636. The van der Waals surface area contributed by atoms with Crippen molar-refractivity contribution in [2.24, 2.45) is 21.5 Å². The monoisotopic (exact) mass is 448 g/mol. The molecule has 2 aromatic carbocycles. The van der Waals surface area contributed by atoms with Crippen molar-refractivity contribution in [1.29, 1.82) is 0 Å². The van der Waals surface area contributed by atoms with E-state index in [0.29, 0.717) is 11.7 Å². The predicted octanol–water partition coefficient (Wildman–Crippen LogP) is 4.41. The third kappa shape index (κ3) is 7.24. The topological polar surface area (TPSA) is 83.2 Å². The SMILES string of the molecule is CCCCN=C(N)c1ccc(N2CCCN(c3ccc(C(N)=NCCCC)cc3)CC2)cc1. The molecule has 6 heteroatoms. The highest BCUT2D eigenvalue weighted by Gasteiger charge is 2.16. The van der Waals surface area contributed by atoms with Gasteiger partial charge in [-0.25, -0.2) is 0 Å². The molecule has 1 aliphatic rings. The van der Waals surface area contributed by atoms with Crippen molar-refractivity contribution < 1.29 is 0 Å². The van der Waals surface area contributed by atoms with Crippen molar-refractivity contribution in [1.82, 2.24) is 0 Å². The molecule has 0 spiro atoms. The lowest BCUT2D eigenvalue weighted by atomic mass is 10.1. The van der Waals surface area contributed by atoms with Gasteiger partial charge in [0.25, 0.3) is 0 Å². The molecule has 0 saturated carbocycles. The van der Waals surface area contributed by atoms with E-state index >= 15 is 0 Å². The van der Waals surface area contributed by atoms with Crippen LogP contribution in [-0.4, -0.2) is 50.9 Å². The van der Waals surface area contributed by atoms with Crippen LogP contribution in [0.5, 0.6) is 0 Å². The van der Waals surface area contributed by atoms with Gasteiger partial charge in [-0.3, -0.25) is 9.98 Å². The standard InChI is InChI=1S/C27H40N6/c1-3-5-16-30-26(28)22-8-12-24(13-9-22)32-18-7-19-33(21-20-32)25-14-10-23(11-15-25)27(29)31-17-6-4-2/h8-15H,3-7,16-21H2,1-2H3,(H2,28,30)(H2,29,31). The summed E-state index contributed by atoms with van der Waals surface area (Å²) in [4.78, 5) is 13.9. The summed E-state index contributed by atoms with van der Waals surface area (Å²) in [6.45, 7) is 9.99. The van der Waals surface area contributed by atoms with Crippen molar-refractivity contribution in [3.05, 3.63) is 59.7 Å². The number of anilines is 2. The van der Waals surface area contributed by atoms with E-state index < -0.39 is 0 Å². The van der Waals surface area contributed by atoms with Crippen LogP contribution in [0.1, 0.15) is 57.1 Å². The van der Waals surface area contributed by atoms with Gasteiger partial charge in [-0.1, -0.05) is 26.7 Å². The Hall–Kier alpha value is -3.02. The summed E-state index contributed by atoms with van der Waals surface area (Å²) in [6.07, 6.45) is 5.53. The Kier molecular flexibility index (Phi) is 9.60. The molecule has 0 amide bonds. The Morgan fingerprint density at radius 1 is 0.667 bits per heavy atom. The highest BCUT2D eigenvalue weighted by Crippen LogP contribution is 2.21. The van der Waals surface area contributed by atoms with Gasteiger partial charge in [0.15, 0.2) is 0 Å². The first-order valence-corrected chi connectivity index (χ1v) is 12.4. The molecular weight excluding hydrogens is 408 g/mol. The summed E-state index contributed by atoms with van der Waals surface area (Å²) in [5, 5.41) is 0. The quantitative estimate of drug-likeness (QED) is 0.320. The molecule has 1 aliphatic heterocycles. The first kappa shape index (κ1) is 24.6. The lowest BCUT2D eigenvalue weighted by Crippen LogP contribution is -2.30.